The van der Waals surface area contributed by atoms with Crippen LogP contribution in [0.15, 0.2) is 0 Å². The van der Waals surface area contributed by atoms with E-state index in [2.05, 4.69) is 0 Å². The van der Waals surface area contributed by atoms with E-state index in [1.165, 1.54) is 0 Å². The summed E-state index contributed by atoms with van der Waals surface area (Å²) in [6, 6.07) is 0. The summed E-state index contributed by atoms with van der Waals surface area (Å²) >= 11 is 0. The lowest BCUT2D eigenvalue weighted by molar-refractivity contribution is 0.390. The van der Waals surface area contributed by atoms with Crippen LogP contribution in [0.4, 0.5) is 0 Å². The molecule has 0 bridgehead atoms. The fraction of sp³-hybridized carbons (Fsp3) is 1.00. The molecule has 0 radical (unpaired) electrons. The highest BCUT2D eigenvalue weighted by Crippen LogP contribution is 2.20. The quantitative estimate of drug-likeness (QED) is 0.753. The van der Waals surface area contributed by atoms with Crippen LogP contribution in [0.1, 0.15) is 40.5 Å². The maximum absolute atomic E-state index is 12.1. The molecule has 0 rings (SSSR count). The molecule has 0 aromatic heterocycles. The summed E-state index contributed by atoms with van der Waals surface area (Å²) in [6.07, 6.45) is 1.55. The zero-order valence-electron chi connectivity index (χ0n) is 10.3. The molecule has 0 unspecified atom stereocenters. The van der Waals surface area contributed by atoms with E-state index in [1.807, 2.05) is 6.92 Å². The predicted octanol–water partition coefficient (Wildman–Crippen LogP) is 1.18. The fourth-order valence-electron chi connectivity index (χ4n) is 1.26. The second kappa shape index (κ2) is 5.82. The van der Waals surface area contributed by atoms with Crippen molar-refractivity contribution in [3.8, 4) is 0 Å². The Morgan fingerprint density at radius 3 is 2.07 bits per heavy atom. The van der Waals surface area contributed by atoms with Gasteiger partial charge in [0.1, 0.15) is 0 Å². The lowest BCUT2D eigenvalue weighted by atomic mass is 10.3. The van der Waals surface area contributed by atoms with Gasteiger partial charge in [-0.2, -0.15) is 0 Å². The molecule has 4 nitrogen and oxygen atoms in total. The van der Waals surface area contributed by atoms with Gasteiger partial charge in [-0.15, -0.1) is 0 Å². The molecule has 0 aromatic rings. The second-order valence-corrected chi connectivity index (χ2v) is 7.35. The van der Waals surface area contributed by atoms with E-state index in [-0.39, 0.29) is 0 Å². The van der Waals surface area contributed by atoms with Gasteiger partial charge in [-0.1, -0.05) is 6.92 Å². The molecule has 0 aliphatic heterocycles. The van der Waals surface area contributed by atoms with Crippen LogP contribution in [0.3, 0.4) is 0 Å². The number of hydrogen-bond donors (Lipinski definition) is 1. The Balaban J connectivity index is 4.75. The van der Waals surface area contributed by atoms with E-state index in [0.29, 0.717) is 19.6 Å². The average Bonchev–Trinajstić information content (AvgIpc) is 2.10. The van der Waals surface area contributed by atoms with Crippen molar-refractivity contribution in [3.05, 3.63) is 0 Å². The van der Waals surface area contributed by atoms with Crippen molar-refractivity contribution in [2.24, 2.45) is 5.73 Å². The monoisotopic (exact) mass is 236 g/mol. The highest BCUT2D eigenvalue weighted by Gasteiger charge is 2.34. The molecule has 0 spiro atoms. The van der Waals surface area contributed by atoms with Crippen LogP contribution in [-0.2, 0) is 10.0 Å². The lowest BCUT2D eigenvalue weighted by Gasteiger charge is -2.29. The van der Waals surface area contributed by atoms with Gasteiger partial charge in [-0.3, -0.25) is 0 Å². The number of hydrogen-bond acceptors (Lipinski definition) is 3. The topological polar surface area (TPSA) is 63.4 Å². The van der Waals surface area contributed by atoms with Gasteiger partial charge in [0, 0.05) is 13.1 Å². The molecule has 2 N–H and O–H groups in total. The predicted molar refractivity (Wildman–Crippen MR) is 64.2 cm³/mol. The van der Waals surface area contributed by atoms with Crippen LogP contribution in [0, 0.1) is 0 Å². The molecule has 92 valence electrons. The summed E-state index contributed by atoms with van der Waals surface area (Å²) < 4.78 is 25.1. The Morgan fingerprint density at radius 1 is 1.20 bits per heavy atom. The summed E-state index contributed by atoms with van der Waals surface area (Å²) in [6.45, 7) is 8.81. The Hall–Kier alpha value is -0.130. The zero-order chi connectivity index (χ0) is 12.1. The third kappa shape index (κ3) is 4.09. The molecule has 5 heteroatoms. The maximum atomic E-state index is 12.1. The Morgan fingerprint density at radius 2 is 1.73 bits per heavy atom. The number of nitrogens with two attached hydrogens (primary N) is 1. The van der Waals surface area contributed by atoms with Crippen molar-refractivity contribution in [2.45, 2.75) is 45.3 Å². The zero-order valence-corrected chi connectivity index (χ0v) is 11.1. The third-order valence-electron chi connectivity index (χ3n) is 2.20. The van der Waals surface area contributed by atoms with E-state index in [4.69, 9.17) is 5.73 Å². The van der Waals surface area contributed by atoms with Crippen LogP contribution in [0.25, 0.3) is 0 Å². The van der Waals surface area contributed by atoms with Gasteiger partial charge in [0.05, 0.1) is 4.75 Å². The summed E-state index contributed by atoms with van der Waals surface area (Å²) in [7, 11) is -3.20. The molecular weight excluding hydrogens is 212 g/mol. The minimum absolute atomic E-state index is 0.528. The second-order valence-electron chi connectivity index (χ2n) is 4.66. The number of nitrogens with zero attached hydrogens (tertiary/aromatic N) is 1. The highest BCUT2D eigenvalue weighted by molar-refractivity contribution is 7.90. The Labute approximate surface area is 93.9 Å². The van der Waals surface area contributed by atoms with E-state index < -0.39 is 14.8 Å². The average molecular weight is 236 g/mol. The first-order chi connectivity index (χ1) is 6.77. The van der Waals surface area contributed by atoms with Crippen molar-refractivity contribution < 1.29 is 8.42 Å². The minimum atomic E-state index is -3.20. The highest BCUT2D eigenvalue weighted by atomic mass is 32.2. The van der Waals surface area contributed by atoms with Crippen LogP contribution < -0.4 is 5.73 Å². The number of sulfonamides is 1. The molecule has 0 saturated carbocycles. The van der Waals surface area contributed by atoms with Crippen molar-refractivity contribution in [3.63, 3.8) is 0 Å². The number of rotatable bonds is 6. The molecular formula is C10H24N2O2S. The van der Waals surface area contributed by atoms with Gasteiger partial charge in [0.2, 0.25) is 10.0 Å². The van der Waals surface area contributed by atoms with E-state index in [1.54, 1.807) is 25.1 Å². The first-order valence-corrected chi connectivity index (χ1v) is 6.91. The van der Waals surface area contributed by atoms with Gasteiger partial charge in [-0.25, -0.2) is 12.7 Å². The molecule has 0 aromatic carbocycles. The van der Waals surface area contributed by atoms with Gasteiger partial charge >= 0.3 is 0 Å². The molecule has 15 heavy (non-hydrogen) atoms. The molecule has 0 aliphatic rings. The van der Waals surface area contributed by atoms with Crippen LogP contribution in [0.5, 0.6) is 0 Å². The van der Waals surface area contributed by atoms with Crippen molar-refractivity contribution in [1.82, 2.24) is 4.31 Å². The largest absolute Gasteiger partial charge is 0.330 e. The SMILES string of the molecule is CCCN(CCCN)S(=O)(=O)C(C)(C)C. The van der Waals surface area contributed by atoms with Gasteiger partial charge < -0.3 is 5.73 Å². The van der Waals surface area contributed by atoms with E-state index >= 15 is 0 Å². The summed E-state index contributed by atoms with van der Waals surface area (Å²) in [4.78, 5) is 0. The van der Waals surface area contributed by atoms with Crippen molar-refractivity contribution in [2.75, 3.05) is 19.6 Å². The molecule has 0 amide bonds. The Bertz CT molecular complexity index is 268. The Kier molecular flexibility index (Phi) is 5.77. The molecule has 0 atom stereocenters. The first-order valence-electron chi connectivity index (χ1n) is 5.47. The molecule has 0 saturated heterocycles. The smallest absolute Gasteiger partial charge is 0.219 e. The van der Waals surface area contributed by atoms with Crippen LogP contribution >= 0.6 is 0 Å². The summed E-state index contributed by atoms with van der Waals surface area (Å²) in [5, 5.41) is 0. The maximum Gasteiger partial charge on any atom is 0.219 e. The standard InChI is InChI=1S/C10H24N2O2S/c1-5-8-12(9-6-7-11)15(13,14)10(2,3)4/h5-9,11H2,1-4H3. The van der Waals surface area contributed by atoms with Gasteiger partial charge in [0.15, 0.2) is 0 Å². The van der Waals surface area contributed by atoms with Crippen molar-refractivity contribution >= 4 is 10.0 Å². The third-order valence-corrected chi connectivity index (χ3v) is 4.79. The minimum Gasteiger partial charge on any atom is -0.330 e. The first kappa shape index (κ1) is 14.9. The van der Waals surface area contributed by atoms with E-state index in [9.17, 15) is 8.42 Å². The van der Waals surface area contributed by atoms with Gasteiger partial charge in [0.25, 0.3) is 0 Å². The van der Waals surface area contributed by atoms with E-state index in [0.717, 1.165) is 12.8 Å². The van der Waals surface area contributed by atoms with Crippen LogP contribution in [-0.4, -0.2) is 37.1 Å². The molecule has 0 fully saturated rings. The summed E-state index contributed by atoms with van der Waals surface area (Å²) in [5.74, 6) is 0. The molecule has 0 aliphatic carbocycles. The fourth-order valence-corrected chi connectivity index (χ4v) is 2.82. The lowest BCUT2D eigenvalue weighted by Crippen LogP contribution is -2.44. The summed E-state index contributed by atoms with van der Waals surface area (Å²) in [5.41, 5.74) is 5.40. The van der Waals surface area contributed by atoms with Crippen molar-refractivity contribution in [1.29, 1.82) is 0 Å². The molecule has 0 heterocycles. The van der Waals surface area contributed by atoms with Crippen LogP contribution in [0.2, 0.25) is 0 Å². The van der Waals surface area contributed by atoms with Gasteiger partial charge in [-0.05, 0) is 40.2 Å². The normalized spacial score (nSPS) is 13.5.